The molecule has 1 aromatic carbocycles. The van der Waals surface area contributed by atoms with E-state index in [1.807, 2.05) is 41.4 Å². The van der Waals surface area contributed by atoms with Crippen molar-refractivity contribution in [3.63, 3.8) is 0 Å². The van der Waals surface area contributed by atoms with Crippen molar-refractivity contribution in [2.45, 2.75) is 44.6 Å². The smallest absolute Gasteiger partial charge is 0.304 e. The highest BCUT2D eigenvalue weighted by Gasteiger charge is 2.20. The molecule has 0 fully saturated rings. The zero-order valence-electron chi connectivity index (χ0n) is 18.5. The Kier molecular flexibility index (Phi) is 6.11. The summed E-state index contributed by atoms with van der Waals surface area (Å²) in [6.45, 7) is 2.17. The highest BCUT2D eigenvalue weighted by atomic mass is 16.5. The normalized spacial score (nSPS) is 15.5. The fourth-order valence-electron chi connectivity index (χ4n) is 4.53. The molecule has 0 bridgehead atoms. The first-order chi connectivity index (χ1) is 16.1. The fourth-order valence-corrected chi connectivity index (χ4v) is 4.53. The van der Waals surface area contributed by atoms with Gasteiger partial charge in [0.25, 0.3) is 0 Å². The van der Waals surface area contributed by atoms with Gasteiger partial charge in [-0.25, -0.2) is 4.98 Å². The van der Waals surface area contributed by atoms with Crippen LogP contribution in [0.1, 0.15) is 46.7 Å². The molecule has 1 unspecified atom stereocenters. The van der Waals surface area contributed by atoms with Gasteiger partial charge in [-0.1, -0.05) is 30.4 Å². The van der Waals surface area contributed by atoms with Crippen LogP contribution in [0.5, 0.6) is 5.75 Å². The minimum atomic E-state index is -0.819. The first-order valence-corrected chi connectivity index (χ1v) is 11.5. The van der Waals surface area contributed by atoms with E-state index in [9.17, 15) is 9.90 Å². The van der Waals surface area contributed by atoms with E-state index in [1.165, 1.54) is 11.1 Å². The topological polar surface area (TPSA) is 89.3 Å². The van der Waals surface area contributed by atoms with Gasteiger partial charge in [-0.3, -0.25) is 9.48 Å². The van der Waals surface area contributed by atoms with E-state index in [-0.39, 0.29) is 12.3 Å². The summed E-state index contributed by atoms with van der Waals surface area (Å²) in [6.07, 6.45) is 11.8. The molecule has 0 amide bonds. The van der Waals surface area contributed by atoms with Crippen molar-refractivity contribution >= 4 is 17.9 Å². The number of aliphatic carboxylic acids is 1. The highest BCUT2D eigenvalue weighted by molar-refractivity contribution is 5.68. The van der Waals surface area contributed by atoms with Crippen LogP contribution in [0, 0.1) is 0 Å². The number of anilines is 1. The zero-order valence-corrected chi connectivity index (χ0v) is 18.5. The summed E-state index contributed by atoms with van der Waals surface area (Å²) in [5.74, 6) is 0.890. The predicted molar refractivity (Wildman–Crippen MR) is 127 cm³/mol. The van der Waals surface area contributed by atoms with Gasteiger partial charge in [-0.05, 0) is 41.7 Å². The van der Waals surface area contributed by atoms with Gasteiger partial charge in [0.15, 0.2) is 0 Å². The quantitative estimate of drug-likeness (QED) is 0.544. The highest BCUT2D eigenvalue weighted by Crippen LogP contribution is 2.31. The maximum absolute atomic E-state index is 11.5. The predicted octanol–water partition coefficient (Wildman–Crippen LogP) is 4.09. The van der Waals surface area contributed by atoms with Crippen LogP contribution in [-0.4, -0.2) is 39.0 Å². The summed E-state index contributed by atoms with van der Waals surface area (Å²) >= 11 is 0. The number of nitrogens with one attached hydrogen (secondary N) is 1. The van der Waals surface area contributed by atoms with E-state index in [4.69, 9.17) is 9.72 Å². The van der Waals surface area contributed by atoms with Crippen molar-refractivity contribution in [1.29, 1.82) is 0 Å². The van der Waals surface area contributed by atoms with Crippen LogP contribution in [0.25, 0.3) is 6.08 Å². The fraction of sp³-hybridized carbons (Fsp3) is 0.346. The lowest BCUT2D eigenvalue weighted by Gasteiger charge is -2.17. The Morgan fingerprint density at radius 1 is 1.24 bits per heavy atom. The molecular formula is C26H28N4O3. The Labute approximate surface area is 193 Å². The van der Waals surface area contributed by atoms with Crippen LogP contribution in [0.4, 0.5) is 5.82 Å². The maximum atomic E-state index is 11.5. The Morgan fingerprint density at radius 3 is 3.06 bits per heavy atom. The summed E-state index contributed by atoms with van der Waals surface area (Å²) in [6, 6.07) is 10.3. The summed E-state index contributed by atoms with van der Waals surface area (Å²) in [5.41, 5.74) is 5.46. The van der Waals surface area contributed by atoms with Crippen molar-refractivity contribution in [2.24, 2.45) is 0 Å². The van der Waals surface area contributed by atoms with Crippen LogP contribution in [0.2, 0.25) is 0 Å². The summed E-state index contributed by atoms with van der Waals surface area (Å²) in [5, 5.41) is 17.3. The van der Waals surface area contributed by atoms with Crippen LogP contribution in [-0.2, 0) is 30.6 Å². The zero-order chi connectivity index (χ0) is 22.6. The molecule has 7 nitrogen and oxygen atoms in total. The number of hydrogen-bond donors (Lipinski definition) is 2. The minimum Gasteiger partial charge on any atom is -0.493 e. The van der Waals surface area contributed by atoms with Crippen molar-refractivity contribution in [1.82, 2.24) is 14.8 Å². The Balaban J connectivity index is 1.24. The molecule has 4 heterocycles. The SMILES string of the molecule is O=C(O)CC(Cn1cc(/C=C/Cc2ccc3c(n2)NCCC3)cn1)c1ccc2c(c1)OCC2. The second-order valence-corrected chi connectivity index (χ2v) is 8.70. The molecule has 5 rings (SSSR count). The molecule has 170 valence electrons. The van der Waals surface area contributed by atoms with Crippen molar-refractivity contribution in [2.75, 3.05) is 18.5 Å². The lowest BCUT2D eigenvalue weighted by atomic mass is 9.94. The van der Waals surface area contributed by atoms with Crippen molar-refractivity contribution in [3.8, 4) is 5.75 Å². The van der Waals surface area contributed by atoms with Crippen LogP contribution in [0.15, 0.2) is 48.8 Å². The Morgan fingerprint density at radius 2 is 2.15 bits per heavy atom. The van der Waals surface area contributed by atoms with E-state index in [0.29, 0.717) is 13.2 Å². The van der Waals surface area contributed by atoms with Crippen molar-refractivity contribution in [3.05, 3.63) is 76.7 Å². The number of ether oxygens (including phenoxy) is 1. The average Bonchev–Trinajstić information content (AvgIpc) is 3.47. The number of nitrogens with zero attached hydrogens (tertiary/aromatic N) is 3. The molecule has 7 heteroatoms. The molecule has 2 aliphatic heterocycles. The molecule has 2 N–H and O–H groups in total. The van der Waals surface area contributed by atoms with E-state index >= 15 is 0 Å². The Bertz CT molecular complexity index is 1180. The van der Waals surface area contributed by atoms with Gasteiger partial charge in [0.2, 0.25) is 0 Å². The number of pyridine rings is 1. The molecule has 3 aromatic rings. The second kappa shape index (κ2) is 9.48. The van der Waals surface area contributed by atoms with Crippen LogP contribution < -0.4 is 10.1 Å². The lowest BCUT2D eigenvalue weighted by molar-refractivity contribution is -0.137. The van der Waals surface area contributed by atoms with Gasteiger partial charge in [-0.2, -0.15) is 5.10 Å². The average molecular weight is 445 g/mol. The standard InChI is InChI=1S/C26H28N4O3/c31-25(32)14-22(21-7-6-19-10-12-33-24(19)13-21)17-30-16-18(15-28-30)3-1-5-23-9-8-20-4-2-11-27-26(20)29-23/h1,3,6-9,13,15-16,22H,2,4-5,10-12,14,17H2,(H,27,29)(H,31,32)/b3-1+. The molecule has 0 saturated carbocycles. The molecule has 33 heavy (non-hydrogen) atoms. The van der Waals surface area contributed by atoms with E-state index in [0.717, 1.165) is 60.6 Å². The van der Waals surface area contributed by atoms with E-state index in [1.54, 1.807) is 0 Å². The number of hydrogen-bond acceptors (Lipinski definition) is 5. The van der Waals surface area contributed by atoms with E-state index < -0.39 is 5.97 Å². The molecule has 2 aromatic heterocycles. The number of carboxylic acids is 1. The van der Waals surface area contributed by atoms with Gasteiger partial charge >= 0.3 is 5.97 Å². The molecular weight excluding hydrogens is 416 g/mol. The number of aryl methyl sites for hydroxylation is 1. The molecule has 0 saturated heterocycles. The monoisotopic (exact) mass is 444 g/mol. The first kappa shape index (κ1) is 21.2. The molecule has 0 radical (unpaired) electrons. The van der Waals surface area contributed by atoms with Crippen LogP contribution >= 0.6 is 0 Å². The van der Waals surface area contributed by atoms with Gasteiger partial charge in [-0.15, -0.1) is 0 Å². The third-order valence-electron chi connectivity index (χ3n) is 6.26. The number of fused-ring (bicyclic) bond motifs is 2. The van der Waals surface area contributed by atoms with Gasteiger partial charge in [0.1, 0.15) is 11.6 Å². The number of allylic oxidation sites excluding steroid dienone is 1. The number of carbonyl (C=O) groups is 1. The largest absolute Gasteiger partial charge is 0.493 e. The molecule has 2 aliphatic rings. The minimum absolute atomic E-state index is 0.0435. The molecule has 1 atom stereocenters. The lowest BCUT2D eigenvalue weighted by Crippen LogP contribution is -2.14. The number of carboxylic acid groups (broad SMARTS) is 1. The van der Waals surface area contributed by atoms with Gasteiger partial charge in [0, 0.05) is 49.3 Å². The van der Waals surface area contributed by atoms with Gasteiger partial charge < -0.3 is 15.2 Å². The van der Waals surface area contributed by atoms with Crippen molar-refractivity contribution < 1.29 is 14.6 Å². The summed E-state index contributed by atoms with van der Waals surface area (Å²) in [4.78, 5) is 16.2. The molecule has 0 aliphatic carbocycles. The number of aromatic nitrogens is 3. The number of benzene rings is 1. The van der Waals surface area contributed by atoms with Gasteiger partial charge in [0.05, 0.1) is 19.2 Å². The molecule has 0 spiro atoms. The summed E-state index contributed by atoms with van der Waals surface area (Å²) < 4.78 is 7.49. The van der Waals surface area contributed by atoms with E-state index in [2.05, 4.69) is 28.6 Å². The second-order valence-electron chi connectivity index (χ2n) is 8.70. The number of rotatable bonds is 8. The van der Waals surface area contributed by atoms with Crippen LogP contribution in [0.3, 0.4) is 0 Å². The third kappa shape index (κ3) is 5.08. The third-order valence-corrected chi connectivity index (χ3v) is 6.26. The Hall–Kier alpha value is -3.61. The summed E-state index contributed by atoms with van der Waals surface area (Å²) in [7, 11) is 0. The first-order valence-electron chi connectivity index (χ1n) is 11.5. The maximum Gasteiger partial charge on any atom is 0.304 e.